The van der Waals surface area contributed by atoms with E-state index in [1.54, 1.807) is 11.9 Å². The molecule has 0 aliphatic carbocycles. The summed E-state index contributed by atoms with van der Waals surface area (Å²) in [5.74, 6) is 0.0507. The number of aryl methyl sites for hydroxylation is 1. The third kappa shape index (κ3) is 4.77. The number of carbonyl (C=O) groups excluding carboxylic acids is 1. The Morgan fingerprint density at radius 1 is 1.41 bits per heavy atom. The average Bonchev–Trinajstić information content (AvgIpc) is 3.26. The Morgan fingerprint density at radius 3 is 2.74 bits per heavy atom. The first-order valence-corrected chi connectivity index (χ1v) is 10.1. The van der Waals surface area contributed by atoms with E-state index in [0.29, 0.717) is 18.7 Å². The van der Waals surface area contributed by atoms with E-state index >= 15 is 0 Å². The van der Waals surface area contributed by atoms with Crippen molar-refractivity contribution in [2.24, 2.45) is 7.05 Å². The highest BCUT2D eigenvalue weighted by atomic mass is 32.2. The van der Waals surface area contributed by atoms with Crippen LogP contribution in [0.2, 0.25) is 0 Å². The SMILES string of the molecule is CN(CCc1ccccc1)C(=O)C1CC=C(c2cc(C(F)(F)P)n(C)n2)S1. The van der Waals surface area contributed by atoms with Gasteiger partial charge >= 0.3 is 0 Å². The lowest BCUT2D eigenvalue weighted by atomic mass is 10.1. The Balaban J connectivity index is 1.59. The smallest absolute Gasteiger partial charge is 0.299 e. The maximum absolute atomic E-state index is 13.6. The van der Waals surface area contributed by atoms with Gasteiger partial charge in [-0.1, -0.05) is 45.6 Å². The molecule has 27 heavy (non-hydrogen) atoms. The number of nitrogens with zero attached hydrogens (tertiary/aromatic N) is 3. The van der Waals surface area contributed by atoms with Crippen LogP contribution in [-0.4, -0.2) is 39.4 Å². The van der Waals surface area contributed by atoms with Crippen LogP contribution in [0.25, 0.3) is 4.91 Å². The van der Waals surface area contributed by atoms with Crippen LogP contribution in [0.15, 0.2) is 42.5 Å². The van der Waals surface area contributed by atoms with Crippen LogP contribution in [0, 0.1) is 0 Å². The molecule has 0 bridgehead atoms. The number of amides is 1. The molecule has 1 aromatic heterocycles. The van der Waals surface area contributed by atoms with E-state index in [9.17, 15) is 13.6 Å². The second-order valence-electron chi connectivity index (χ2n) is 6.57. The molecule has 0 radical (unpaired) electrons. The van der Waals surface area contributed by atoms with Gasteiger partial charge in [-0.2, -0.15) is 13.9 Å². The number of benzene rings is 1. The largest absolute Gasteiger partial charge is 0.344 e. The molecule has 1 amide bonds. The predicted molar refractivity (Wildman–Crippen MR) is 109 cm³/mol. The van der Waals surface area contributed by atoms with Crippen molar-refractivity contribution in [3.05, 3.63) is 59.4 Å². The molecule has 8 heteroatoms. The predicted octanol–water partition coefficient (Wildman–Crippen LogP) is 3.89. The van der Waals surface area contributed by atoms with E-state index < -0.39 is 5.66 Å². The molecule has 144 valence electrons. The summed E-state index contributed by atoms with van der Waals surface area (Å²) >= 11 is 1.40. The number of halogens is 2. The van der Waals surface area contributed by atoms with Gasteiger partial charge in [0.2, 0.25) is 5.91 Å². The molecule has 1 aliphatic heterocycles. The van der Waals surface area contributed by atoms with E-state index in [1.807, 2.05) is 36.4 Å². The number of allylic oxidation sites excluding steroid dienone is 1. The third-order valence-corrected chi connectivity index (χ3v) is 6.09. The molecule has 4 nitrogen and oxygen atoms in total. The van der Waals surface area contributed by atoms with Gasteiger partial charge in [0.15, 0.2) is 0 Å². The molecule has 2 unspecified atom stereocenters. The van der Waals surface area contributed by atoms with Crippen LogP contribution in [0.3, 0.4) is 0 Å². The van der Waals surface area contributed by atoms with Gasteiger partial charge in [-0.15, -0.1) is 11.8 Å². The first-order chi connectivity index (χ1) is 12.8. The zero-order valence-electron chi connectivity index (χ0n) is 15.2. The molecule has 2 heterocycles. The number of likely N-dealkylation sites (N-methyl/N-ethyl adjacent to an activating group) is 1. The molecule has 0 N–H and O–H groups in total. The van der Waals surface area contributed by atoms with Crippen molar-refractivity contribution >= 4 is 31.8 Å². The Morgan fingerprint density at radius 2 is 2.11 bits per heavy atom. The monoisotopic (exact) mass is 409 g/mol. The number of rotatable bonds is 6. The van der Waals surface area contributed by atoms with Crippen molar-refractivity contribution in [3.8, 4) is 0 Å². The van der Waals surface area contributed by atoms with Gasteiger partial charge in [0.05, 0.1) is 10.9 Å². The number of carbonyl (C=O) groups is 1. The number of alkyl halides is 2. The summed E-state index contributed by atoms with van der Waals surface area (Å²) in [7, 11) is 4.83. The van der Waals surface area contributed by atoms with Crippen LogP contribution in [0.4, 0.5) is 8.78 Å². The summed E-state index contributed by atoms with van der Waals surface area (Å²) in [6, 6.07) is 11.4. The summed E-state index contributed by atoms with van der Waals surface area (Å²) in [6.45, 7) is 0.641. The molecule has 0 spiro atoms. The Labute approximate surface area is 164 Å². The summed E-state index contributed by atoms with van der Waals surface area (Å²) < 4.78 is 28.3. The van der Waals surface area contributed by atoms with Gasteiger partial charge in [0.25, 0.3) is 5.66 Å². The Hall–Kier alpha value is -1.72. The first-order valence-electron chi connectivity index (χ1n) is 8.63. The Bertz CT molecular complexity index is 848. The van der Waals surface area contributed by atoms with Gasteiger partial charge in [-0.3, -0.25) is 9.48 Å². The van der Waals surface area contributed by atoms with Crippen LogP contribution in [0.1, 0.15) is 23.4 Å². The van der Waals surface area contributed by atoms with Gasteiger partial charge in [-0.05, 0) is 24.5 Å². The molecular formula is C19H22F2N3OPS. The van der Waals surface area contributed by atoms with Gasteiger partial charge < -0.3 is 4.90 Å². The minimum Gasteiger partial charge on any atom is -0.344 e. The average molecular weight is 409 g/mol. The van der Waals surface area contributed by atoms with Crippen molar-refractivity contribution in [2.45, 2.75) is 23.8 Å². The van der Waals surface area contributed by atoms with Crippen LogP contribution < -0.4 is 0 Å². The highest BCUT2D eigenvalue weighted by Gasteiger charge is 2.32. The Kier molecular flexibility index (Phi) is 6.02. The van der Waals surface area contributed by atoms with E-state index in [0.717, 1.165) is 11.3 Å². The third-order valence-electron chi connectivity index (χ3n) is 4.49. The number of aromatic nitrogens is 2. The topological polar surface area (TPSA) is 38.1 Å². The molecule has 3 rings (SSSR count). The fraction of sp³-hybridized carbons (Fsp3) is 0.368. The zero-order valence-corrected chi connectivity index (χ0v) is 17.2. The molecular weight excluding hydrogens is 387 g/mol. The van der Waals surface area contributed by atoms with Crippen LogP contribution >= 0.6 is 21.0 Å². The number of hydrogen-bond donors (Lipinski definition) is 0. The van der Waals surface area contributed by atoms with Crippen molar-refractivity contribution in [1.82, 2.24) is 14.7 Å². The molecule has 0 fully saturated rings. The molecule has 2 atom stereocenters. The van der Waals surface area contributed by atoms with Crippen molar-refractivity contribution < 1.29 is 13.6 Å². The van der Waals surface area contributed by atoms with Crippen LogP contribution in [0.5, 0.6) is 0 Å². The summed E-state index contributed by atoms with van der Waals surface area (Å²) in [5.41, 5.74) is -1.52. The van der Waals surface area contributed by atoms with Gasteiger partial charge in [0, 0.05) is 25.5 Å². The minimum atomic E-state index is -3.03. The lowest BCUT2D eigenvalue weighted by molar-refractivity contribution is -0.129. The number of hydrogen-bond acceptors (Lipinski definition) is 3. The molecule has 0 saturated heterocycles. The second kappa shape index (κ2) is 8.11. The van der Waals surface area contributed by atoms with E-state index in [4.69, 9.17) is 0 Å². The zero-order chi connectivity index (χ0) is 19.6. The fourth-order valence-corrected chi connectivity index (χ4v) is 4.44. The minimum absolute atomic E-state index is 0.0507. The highest BCUT2D eigenvalue weighted by molar-refractivity contribution is 8.09. The second-order valence-corrected chi connectivity index (χ2v) is 8.54. The lowest BCUT2D eigenvalue weighted by Crippen LogP contribution is -2.35. The normalized spacial score (nSPS) is 17.1. The lowest BCUT2D eigenvalue weighted by Gasteiger charge is -2.20. The van der Waals surface area contributed by atoms with Crippen molar-refractivity contribution in [2.75, 3.05) is 13.6 Å². The first kappa shape index (κ1) is 20.0. The number of thioether (sulfide) groups is 1. The highest BCUT2D eigenvalue weighted by Crippen LogP contribution is 2.42. The van der Waals surface area contributed by atoms with Crippen LogP contribution in [-0.2, 0) is 23.9 Å². The maximum atomic E-state index is 13.6. The fourth-order valence-electron chi connectivity index (χ4n) is 2.98. The molecule has 0 saturated carbocycles. The summed E-state index contributed by atoms with van der Waals surface area (Å²) in [4.78, 5) is 15.2. The maximum Gasteiger partial charge on any atom is 0.299 e. The quantitative estimate of drug-likeness (QED) is 0.680. The van der Waals surface area contributed by atoms with E-state index in [1.165, 1.54) is 44.4 Å². The van der Waals surface area contributed by atoms with Crippen molar-refractivity contribution in [1.29, 1.82) is 0 Å². The van der Waals surface area contributed by atoms with Gasteiger partial charge in [-0.25, -0.2) is 0 Å². The molecule has 2 aromatic rings. The van der Waals surface area contributed by atoms with E-state index in [-0.39, 0.29) is 16.9 Å². The summed E-state index contributed by atoms with van der Waals surface area (Å²) in [6.07, 6.45) is 3.29. The van der Waals surface area contributed by atoms with E-state index in [2.05, 4.69) is 5.10 Å². The standard InChI is InChI=1S/C19H22F2N3OPS/c1-23(11-10-13-6-4-3-5-7-13)18(25)16-9-8-15(27-16)14-12-17(19(20,21)26)24(2)22-14/h3-8,12,16H,9-11,26H2,1-2H3. The molecule has 1 aromatic carbocycles. The summed E-state index contributed by atoms with van der Waals surface area (Å²) in [5, 5.41) is 3.95. The van der Waals surface area contributed by atoms with Crippen molar-refractivity contribution in [3.63, 3.8) is 0 Å². The van der Waals surface area contributed by atoms with Gasteiger partial charge in [0.1, 0.15) is 5.69 Å². The molecule has 1 aliphatic rings.